The molecule has 0 heterocycles. The Balaban J connectivity index is 2.24. The highest BCUT2D eigenvalue weighted by Gasteiger charge is 2.18. The van der Waals surface area contributed by atoms with Crippen molar-refractivity contribution in [3.8, 4) is 11.5 Å². The molecule has 0 bridgehead atoms. The maximum atomic E-state index is 12.4. The molecule has 1 aromatic rings. The first-order valence-electron chi connectivity index (χ1n) is 7.11. The summed E-state index contributed by atoms with van der Waals surface area (Å²) in [7, 11) is 1.39. The van der Waals surface area contributed by atoms with Crippen LogP contribution in [0.3, 0.4) is 0 Å². The second-order valence-electron chi connectivity index (χ2n) is 5.07. The van der Waals surface area contributed by atoms with Gasteiger partial charge in [-0.25, -0.2) is 0 Å². The third-order valence-electron chi connectivity index (χ3n) is 3.65. The van der Waals surface area contributed by atoms with Crippen LogP contribution in [0.2, 0.25) is 0 Å². The van der Waals surface area contributed by atoms with E-state index in [1.807, 2.05) is 0 Å². The lowest BCUT2D eigenvalue weighted by molar-refractivity contribution is -0.0513. The smallest absolute Gasteiger partial charge is 0.387 e. The van der Waals surface area contributed by atoms with E-state index in [1.165, 1.54) is 19.2 Å². The number of methoxy groups -OCH3 is 1. The molecule has 0 amide bonds. The lowest BCUT2D eigenvalue weighted by Gasteiger charge is -2.17. The Bertz CT molecular complexity index is 500. The molecule has 5 heteroatoms. The number of halogens is 2. The molecule has 0 saturated carbocycles. The highest BCUT2D eigenvalue weighted by Crippen LogP contribution is 2.35. The minimum absolute atomic E-state index is 0.0572. The molecular weight excluding hydrogens is 278 g/mol. The summed E-state index contributed by atoms with van der Waals surface area (Å²) in [5.74, 6) is 0.166. The number of alkyl halides is 2. The van der Waals surface area contributed by atoms with Crippen LogP contribution in [0.4, 0.5) is 8.78 Å². The van der Waals surface area contributed by atoms with Crippen molar-refractivity contribution in [3.05, 3.63) is 35.4 Å². The van der Waals surface area contributed by atoms with Crippen LogP contribution >= 0.6 is 0 Å². The Morgan fingerprint density at radius 3 is 2.67 bits per heavy atom. The first kappa shape index (κ1) is 15.8. The summed E-state index contributed by atoms with van der Waals surface area (Å²) in [6, 6.07) is 4.63. The van der Waals surface area contributed by atoms with Gasteiger partial charge in [-0.3, -0.25) is 0 Å². The van der Waals surface area contributed by atoms with Gasteiger partial charge in [-0.2, -0.15) is 8.78 Å². The molecule has 21 heavy (non-hydrogen) atoms. The number of rotatable bonds is 5. The molecule has 3 nitrogen and oxygen atoms in total. The van der Waals surface area contributed by atoms with Crippen molar-refractivity contribution < 1.29 is 23.4 Å². The molecule has 1 aromatic carbocycles. The van der Waals surface area contributed by atoms with Crippen molar-refractivity contribution in [1.29, 1.82) is 0 Å². The molecule has 0 saturated heterocycles. The van der Waals surface area contributed by atoms with Crippen LogP contribution in [0.1, 0.15) is 43.8 Å². The average molecular weight is 298 g/mol. The molecule has 1 atom stereocenters. The van der Waals surface area contributed by atoms with E-state index >= 15 is 0 Å². The van der Waals surface area contributed by atoms with Crippen molar-refractivity contribution in [2.75, 3.05) is 7.11 Å². The number of allylic oxidation sites excluding steroid dienone is 1. The predicted molar refractivity (Wildman–Crippen MR) is 75.8 cm³/mol. The van der Waals surface area contributed by atoms with E-state index in [0.717, 1.165) is 37.7 Å². The zero-order chi connectivity index (χ0) is 15.2. The number of benzene rings is 1. The molecule has 0 radical (unpaired) electrons. The van der Waals surface area contributed by atoms with Crippen LogP contribution < -0.4 is 9.47 Å². The quantitative estimate of drug-likeness (QED) is 0.827. The molecule has 0 aliphatic heterocycles. The van der Waals surface area contributed by atoms with E-state index in [-0.39, 0.29) is 11.5 Å². The van der Waals surface area contributed by atoms with Gasteiger partial charge in [-0.05, 0) is 49.0 Å². The van der Waals surface area contributed by atoms with Crippen LogP contribution in [0, 0.1) is 0 Å². The third-order valence-corrected chi connectivity index (χ3v) is 3.65. The van der Waals surface area contributed by atoms with E-state index in [4.69, 9.17) is 4.74 Å². The van der Waals surface area contributed by atoms with Gasteiger partial charge in [0.2, 0.25) is 0 Å². The van der Waals surface area contributed by atoms with Crippen molar-refractivity contribution in [2.24, 2.45) is 0 Å². The minimum atomic E-state index is -2.93. The summed E-state index contributed by atoms with van der Waals surface area (Å²) >= 11 is 0. The molecule has 2 rings (SSSR count). The molecule has 0 aromatic heterocycles. The van der Waals surface area contributed by atoms with Crippen LogP contribution in [-0.2, 0) is 0 Å². The maximum Gasteiger partial charge on any atom is 0.387 e. The summed E-state index contributed by atoms with van der Waals surface area (Å²) in [5, 5.41) is 10.4. The van der Waals surface area contributed by atoms with Crippen molar-refractivity contribution >= 4 is 0 Å². The Hall–Kier alpha value is -1.62. The van der Waals surface area contributed by atoms with Crippen molar-refractivity contribution in [3.63, 3.8) is 0 Å². The Kier molecular flexibility index (Phi) is 5.56. The molecule has 0 spiro atoms. The van der Waals surface area contributed by atoms with E-state index in [1.54, 1.807) is 6.07 Å². The van der Waals surface area contributed by atoms with Gasteiger partial charge >= 0.3 is 6.61 Å². The van der Waals surface area contributed by atoms with Crippen molar-refractivity contribution in [2.45, 2.75) is 44.8 Å². The highest BCUT2D eigenvalue weighted by molar-refractivity contribution is 5.45. The topological polar surface area (TPSA) is 38.7 Å². The lowest BCUT2D eigenvalue weighted by atomic mass is 9.97. The zero-order valence-electron chi connectivity index (χ0n) is 12.0. The molecule has 116 valence electrons. The molecule has 1 aliphatic rings. The minimum Gasteiger partial charge on any atom is -0.493 e. The maximum absolute atomic E-state index is 12.4. The monoisotopic (exact) mass is 298 g/mol. The van der Waals surface area contributed by atoms with Gasteiger partial charge < -0.3 is 14.6 Å². The van der Waals surface area contributed by atoms with Gasteiger partial charge in [-0.1, -0.05) is 18.6 Å². The summed E-state index contributed by atoms with van der Waals surface area (Å²) in [6.07, 6.45) is 6.36. The molecule has 1 unspecified atom stereocenters. The van der Waals surface area contributed by atoms with Crippen LogP contribution in [0.5, 0.6) is 11.5 Å². The van der Waals surface area contributed by atoms with E-state index in [0.29, 0.717) is 5.56 Å². The number of hydrogen-bond donors (Lipinski definition) is 1. The largest absolute Gasteiger partial charge is 0.493 e. The van der Waals surface area contributed by atoms with Gasteiger partial charge in [0, 0.05) is 0 Å². The second-order valence-corrected chi connectivity index (χ2v) is 5.07. The normalized spacial score (nSPS) is 17.1. The van der Waals surface area contributed by atoms with E-state index in [2.05, 4.69) is 10.8 Å². The molecule has 1 aliphatic carbocycles. The lowest BCUT2D eigenvalue weighted by Crippen LogP contribution is -2.06. The average Bonchev–Trinajstić information content (AvgIpc) is 2.75. The van der Waals surface area contributed by atoms with Gasteiger partial charge in [0.15, 0.2) is 11.5 Å². The SMILES string of the molecule is COc1ccc(C(O)C2=CCCCCC2)cc1OC(F)F. The Morgan fingerprint density at radius 1 is 1.14 bits per heavy atom. The van der Waals surface area contributed by atoms with Crippen LogP contribution in [-0.4, -0.2) is 18.8 Å². The first-order chi connectivity index (χ1) is 10.1. The molecule has 0 fully saturated rings. The molecular formula is C16H20F2O3. The van der Waals surface area contributed by atoms with E-state index in [9.17, 15) is 13.9 Å². The summed E-state index contributed by atoms with van der Waals surface area (Å²) in [6.45, 7) is -2.93. The number of aliphatic hydroxyl groups excluding tert-OH is 1. The van der Waals surface area contributed by atoms with Gasteiger partial charge in [0.1, 0.15) is 6.10 Å². The van der Waals surface area contributed by atoms with Gasteiger partial charge in [-0.15, -0.1) is 0 Å². The standard InChI is InChI=1S/C16H20F2O3/c1-20-13-9-8-12(10-14(13)21-16(17)18)15(19)11-6-4-2-3-5-7-11/h6,8-10,15-16,19H,2-5,7H2,1H3. The van der Waals surface area contributed by atoms with Gasteiger partial charge in [0.25, 0.3) is 0 Å². The van der Waals surface area contributed by atoms with E-state index < -0.39 is 12.7 Å². The second kappa shape index (κ2) is 7.41. The highest BCUT2D eigenvalue weighted by atomic mass is 19.3. The number of hydrogen-bond acceptors (Lipinski definition) is 3. The fraction of sp³-hybridized carbons (Fsp3) is 0.500. The van der Waals surface area contributed by atoms with Crippen LogP contribution in [0.25, 0.3) is 0 Å². The Labute approximate surface area is 123 Å². The molecule has 1 N–H and O–H groups in total. The fourth-order valence-corrected chi connectivity index (χ4v) is 2.55. The van der Waals surface area contributed by atoms with Crippen LogP contribution in [0.15, 0.2) is 29.8 Å². The van der Waals surface area contributed by atoms with Crippen molar-refractivity contribution in [1.82, 2.24) is 0 Å². The summed E-state index contributed by atoms with van der Waals surface area (Å²) in [5.41, 5.74) is 1.49. The number of aliphatic hydroxyl groups is 1. The zero-order valence-corrected chi connectivity index (χ0v) is 12.0. The number of ether oxygens (including phenoxy) is 2. The summed E-state index contributed by atoms with van der Waals surface area (Å²) < 4.78 is 34.3. The third kappa shape index (κ3) is 4.17. The Morgan fingerprint density at radius 2 is 1.95 bits per heavy atom. The summed E-state index contributed by atoms with van der Waals surface area (Å²) in [4.78, 5) is 0. The fourth-order valence-electron chi connectivity index (χ4n) is 2.55. The first-order valence-corrected chi connectivity index (χ1v) is 7.11. The predicted octanol–water partition coefficient (Wildman–Crippen LogP) is 4.22. The van der Waals surface area contributed by atoms with Gasteiger partial charge in [0.05, 0.1) is 7.11 Å².